The van der Waals surface area contributed by atoms with Gasteiger partial charge in [-0.1, -0.05) is 53.5 Å². The van der Waals surface area contributed by atoms with Crippen LogP contribution in [0.3, 0.4) is 0 Å². The molecule has 0 aliphatic heterocycles. The summed E-state index contributed by atoms with van der Waals surface area (Å²) in [5.74, 6) is -7.18. The van der Waals surface area contributed by atoms with Crippen LogP contribution in [-0.4, -0.2) is 34.0 Å². The first-order valence-electron chi connectivity index (χ1n) is 8.57. The second-order valence-electron chi connectivity index (χ2n) is 6.30. The molecule has 0 amide bonds. The molecule has 0 radical (unpaired) electrons. The van der Waals surface area contributed by atoms with Crippen LogP contribution in [0.2, 0.25) is 10.0 Å². The van der Waals surface area contributed by atoms with Gasteiger partial charge in [-0.05, 0) is 24.1 Å². The van der Waals surface area contributed by atoms with Crippen molar-refractivity contribution in [3.8, 4) is 5.75 Å². The molecule has 5 nitrogen and oxygen atoms in total. The molecular weight excluding hydrogens is 429 g/mol. The van der Waals surface area contributed by atoms with Crippen LogP contribution in [-0.2, 0) is 22.6 Å². The highest BCUT2D eigenvalue weighted by molar-refractivity contribution is 6.35. The van der Waals surface area contributed by atoms with Crippen LogP contribution < -0.4 is 4.74 Å². The Morgan fingerprint density at radius 2 is 1.79 bits per heavy atom. The lowest BCUT2D eigenvalue weighted by Gasteiger charge is -2.20. The maximum atomic E-state index is 14.0. The van der Waals surface area contributed by atoms with E-state index in [1.54, 1.807) is 0 Å². The Hall–Kier alpha value is -2.22. The molecule has 0 aliphatic carbocycles. The molecule has 0 saturated heterocycles. The molecule has 2 rings (SSSR count). The molecule has 2 aromatic rings. The summed E-state index contributed by atoms with van der Waals surface area (Å²) >= 11 is 12.1. The number of aliphatic hydroxyl groups excluding tert-OH is 1. The first-order chi connectivity index (χ1) is 13.6. The summed E-state index contributed by atoms with van der Waals surface area (Å²) in [5.41, 5.74) is 1.16. The van der Waals surface area contributed by atoms with Crippen molar-refractivity contribution in [1.82, 2.24) is 0 Å². The molecule has 1 atom stereocenters. The van der Waals surface area contributed by atoms with Crippen molar-refractivity contribution < 1.29 is 33.3 Å². The van der Waals surface area contributed by atoms with Gasteiger partial charge < -0.3 is 14.9 Å². The number of carboxylic acid groups (broad SMARTS) is 1. The number of hydrogen-bond acceptors (Lipinski definition) is 4. The van der Waals surface area contributed by atoms with Crippen molar-refractivity contribution in [1.29, 1.82) is 0 Å². The van der Waals surface area contributed by atoms with E-state index in [-0.39, 0.29) is 28.8 Å². The Bertz CT molecular complexity index is 875. The zero-order valence-electron chi connectivity index (χ0n) is 15.1. The van der Waals surface area contributed by atoms with E-state index in [0.29, 0.717) is 5.56 Å². The summed E-state index contributed by atoms with van der Waals surface area (Å²) in [6.07, 6.45) is -4.73. The van der Waals surface area contributed by atoms with E-state index in [0.717, 1.165) is 5.56 Å². The third-order valence-corrected chi connectivity index (χ3v) is 4.67. The Kier molecular flexibility index (Phi) is 7.96. The third-order valence-electron chi connectivity index (χ3n) is 4.12. The predicted octanol–water partition coefficient (Wildman–Crippen LogP) is 4.55. The van der Waals surface area contributed by atoms with Gasteiger partial charge in [0.25, 0.3) is 0 Å². The number of carbonyl (C=O) groups is 2. The Labute approximate surface area is 175 Å². The topological polar surface area (TPSA) is 83.8 Å². The Morgan fingerprint density at radius 3 is 2.41 bits per heavy atom. The number of Topliss-reactive ketones (excluding diaryl/α,β-unsaturated/α-hetero) is 1. The van der Waals surface area contributed by atoms with E-state index >= 15 is 0 Å². The van der Waals surface area contributed by atoms with Gasteiger partial charge in [0.15, 0.2) is 0 Å². The van der Waals surface area contributed by atoms with Gasteiger partial charge in [0, 0.05) is 22.0 Å². The largest absolute Gasteiger partial charge is 0.489 e. The third kappa shape index (κ3) is 6.39. The van der Waals surface area contributed by atoms with Crippen molar-refractivity contribution in [2.75, 3.05) is 0 Å². The van der Waals surface area contributed by atoms with Gasteiger partial charge in [0.2, 0.25) is 5.78 Å². The number of alkyl halides is 2. The molecule has 1 unspecified atom stereocenters. The van der Waals surface area contributed by atoms with E-state index in [1.165, 1.54) is 12.1 Å². The molecule has 0 spiro atoms. The Morgan fingerprint density at radius 1 is 1.14 bits per heavy atom. The number of rotatable bonds is 10. The highest BCUT2D eigenvalue weighted by Gasteiger charge is 2.46. The van der Waals surface area contributed by atoms with E-state index in [1.807, 2.05) is 30.3 Å². The van der Waals surface area contributed by atoms with Gasteiger partial charge in [-0.25, -0.2) is 0 Å². The lowest BCUT2D eigenvalue weighted by atomic mass is 9.99. The van der Waals surface area contributed by atoms with Gasteiger partial charge in [-0.3, -0.25) is 9.59 Å². The quantitative estimate of drug-likeness (QED) is 0.559. The minimum Gasteiger partial charge on any atom is -0.489 e. The average Bonchev–Trinajstić information content (AvgIpc) is 2.65. The second-order valence-corrected chi connectivity index (χ2v) is 7.14. The molecule has 0 heterocycles. The van der Waals surface area contributed by atoms with Crippen LogP contribution in [0.4, 0.5) is 8.78 Å². The van der Waals surface area contributed by atoms with Gasteiger partial charge in [0.05, 0.1) is 6.42 Å². The number of ketones is 1. The summed E-state index contributed by atoms with van der Waals surface area (Å²) in [5, 5.41) is 18.3. The maximum absolute atomic E-state index is 14.0. The van der Waals surface area contributed by atoms with Gasteiger partial charge in [-0.2, -0.15) is 8.78 Å². The first kappa shape index (κ1) is 23.1. The van der Waals surface area contributed by atoms with E-state index in [2.05, 4.69) is 0 Å². The molecule has 2 aromatic carbocycles. The molecular formula is C20H18Cl2F2O5. The molecule has 0 saturated carbocycles. The standard InChI is InChI=1S/C20H18Cl2F2O5/c21-13-8-15(22)14(16(9-13)29-11-12-4-2-1-3-5-12)6-7-17(25)20(23,24)18(26)10-19(27)28/h1-5,8-9,18,26H,6-7,10-11H2,(H,27,28). The number of aliphatic carboxylic acids is 1. The number of carboxylic acids is 1. The highest BCUT2D eigenvalue weighted by atomic mass is 35.5. The van der Waals surface area contributed by atoms with Crippen LogP contribution in [0.25, 0.3) is 0 Å². The van der Waals surface area contributed by atoms with E-state index < -0.39 is 36.6 Å². The number of halogens is 4. The summed E-state index contributed by atoms with van der Waals surface area (Å²) in [4.78, 5) is 22.4. The summed E-state index contributed by atoms with van der Waals surface area (Å²) in [7, 11) is 0. The summed E-state index contributed by atoms with van der Waals surface area (Å²) < 4.78 is 33.6. The highest BCUT2D eigenvalue weighted by Crippen LogP contribution is 2.34. The number of aliphatic hydroxyl groups is 1. The molecule has 0 aliphatic rings. The SMILES string of the molecule is O=C(O)CC(O)C(F)(F)C(=O)CCc1c(Cl)cc(Cl)cc1OCc1ccccc1. The van der Waals surface area contributed by atoms with Gasteiger partial charge in [0.1, 0.15) is 18.5 Å². The van der Waals surface area contributed by atoms with Crippen LogP contribution in [0.15, 0.2) is 42.5 Å². The van der Waals surface area contributed by atoms with Crippen molar-refractivity contribution in [2.45, 2.75) is 37.9 Å². The fraction of sp³-hybridized carbons (Fsp3) is 0.300. The van der Waals surface area contributed by atoms with Gasteiger partial charge in [-0.15, -0.1) is 0 Å². The fourth-order valence-corrected chi connectivity index (χ4v) is 3.14. The molecule has 29 heavy (non-hydrogen) atoms. The fourth-order valence-electron chi connectivity index (χ4n) is 2.57. The zero-order chi connectivity index (χ0) is 21.6. The molecule has 0 aromatic heterocycles. The monoisotopic (exact) mass is 446 g/mol. The second kappa shape index (κ2) is 10.0. The minimum absolute atomic E-state index is 0.141. The Balaban J connectivity index is 2.13. The van der Waals surface area contributed by atoms with Crippen LogP contribution in [0.5, 0.6) is 5.75 Å². The van der Waals surface area contributed by atoms with Crippen molar-refractivity contribution in [3.63, 3.8) is 0 Å². The summed E-state index contributed by atoms with van der Waals surface area (Å²) in [6, 6.07) is 12.0. The normalized spacial score (nSPS) is 12.4. The molecule has 0 bridgehead atoms. The van der Waals surface area contributed by atoms with Crippen LogP contribution >= 0.6 is 23.2 Å². The molecule has 9 heteroatoms. The molecule has 156 valence electrons. The minimum atomic E-state index is -4.19. The smallest absolute Gasteiger partial charge is 0.331 e. The number of carbonyl (C=O) groups excluding carboxylic acids is 1. The average molecular weight is 447 g/mol. The van der Waals surface area contributed by atoms with Crippen molar-refractivity contribution in [2.24, 2.45) is 0 Å². The molecule has 0 fully saturated rings. The predicted molar refractivity (Wildman–Crippen MR) is 104 cm³/mol. The lowest BCUT2D eigenvalue weighted by Crippen LogP contribution is -2.42. The molecule has 2 N–H and O–H groups in total. The van der Waals surface area contributed by atoms with Crippen LogP contribution in [0, 0.1) is 0 Å². The van der Waals surface area contributed by atoms with Crippen molar-refractivity contribution >= 4 is 35.0 Å². The first-order valence-corrected chi connectivity index (χ1v) is 9.32. The maximum Gasteiger partial charge on any atom is 0.331 e. The van der Waals surface area contributed by atoms with E-state index in [4.69, 9.17) is 33.0 Å². The van der Waals surface area contributed by atoms with Crippen LogP contribution in [0.1, 0.15) is 24.0 Å². The number of benzene rings is 2. The van der Waals surface area contributed by atoms with Gasteiger partial charge >= 0.3 is 11.9 Å². The van der Waals surface area contributed by atoms with Crippen molar-refractivity contribution in [3.05, 3.63) is 63.6 Å². The lowest BCUT2D eigenvalue weighted by molar-refractivity contribution is -0.166. The number of ether oxygens (including phenoxy) is 1. The number of hydrogen-bond donors (Lipinski definition) is 2. The zero-order valence-corrected chi connectivity index (χ0v) is 16.6. The summed E-state index contributed by atoms with van der Waals surface area (Å²) in [6.45, 7) is 0.173. The van der Waals surface area contributed by atoms with E-state index in [9.17, 15) is 23.5 Å².